The van der Waals surface area contributed by atoms with E-state index in [9.17, 15) is 9.59 Å². The molecule has 0 saturated heterocycles. The Balaban J connectivity index is 0.00000441. The van der Waals surface area contributed by atoms with Crippen LogP contribution in [0.1, 0.15) is 26.3 Å². The van der Waals surface area contributed by atoms with Crippen molar-refractivity contribution in [3.05, 3.63) is 34.9 Å². The van der Waals surface area contributed by atoms with E-state index in [1.807, 2.05) is 13.8 Å². The summed E-state index contributed by atoms with van der Waals surface area (Å²) in [5.74, 6) is -0.871. The van der Waals surface area contributed by atoms with E-state index in [0.717, 1.165) is 5.56 Å². The summed E-state index contributed by atoms with van der Waals surface area (Å²) >= 11 is 5.84. The van der Waals surface area contributed by atoms with Gasteiger partial charge in [0.05, 0.1) is 6.04 Å². The van der Waals surface area contributed by atoms with Crippen LogP contribution in [0, 0.1) is 5.92 Å². The first-order valence-electron chi connectivity index (χ1n) is 6.83. The van der Waals surface area contributed by atoms with Gasteiger partial charge in [0.25, 0.3) is 0 Å². The molecule has 2 atom stereocenters. The molecule has 7 heteroatoms. The zero-order valence-electron chi connectivity index (χ0n) is 13.0. The molecular formula is C15H23Cl2N3O2. The van der Waals surface area contributed by atoms with E-state index in [4.69, 9.17) is 23.1 Å². The number of hydrogen-bond acceptors (Lipinski definition) is 3. The topological polar surface area (TPSA) is 89.4 Å². The Hall–Kier alpha value is -1.30. The minimum absolute atomic E-state index is 0. The predicted octanol–water partition coefficient (Wildman–Crippen LogP) is 1.95. The van der Waals surface area contributed by atoms with Crippen molar-refractivity contribution < 1.29 is 9.59 Å². The number of carbonyl (C=O) groups is 2. The second-order valence-electron chi connectivity index (χ2n) is 5.44. The van der Waals surface area contributed by atoms with Gasteiger partial charge in [-0.25, -0.2) is 0 Å². The van der Waals surface area contributed by atoms with E-state index >= 15 is 0 Å². The molecule has 1 aromatic rings. The maximum absolute atomic E-state index is 12.5. The second-order valence-corrected chi connectivity index (χ2v) is 5.88. The van der Waals surface area contributed by atoms with Gasteiger partial charge in [-0.2, -0.15) is 0 Å². The Morgan fingerprint density at radius 2 is 1.68 bits per heavy atom. The highest BCUT2D eigenvalue weighted by molar-refractivity contribution is 6.30. The Morgan fingerprint density at radius 1 is 1.18 bits per heavy atom. The van der Waals surface area contributed by atoms with E-state index < -0.39 is 18.0 Å². The molecule has 1 rings (SSSR count). The third-order valence-electron chi connectivity index (χ3n) is 3.43. The average molecular weight is 348 g/mol. The highest BCUT2D eigenvalue weighted by Crippen LogP contribution is 2.15. The SMILES string of the molecule is CC(C)[C@H](N)C(=O)N(Cc1ccc(Cl)cc1)C(C)C(N)=O.Cl. The van der Waals surface area contributed by atoms with Crippen molar-refractivity contribution in [2.24, 2.45) is 17.4 Å². The Bertz CT molecular complexity index is 506. The molecule has 4 N–H and O–H groups in total. The fourth-order valence-electron chi connectivity index (χ4n) is 1.82. The molecule has 5 nitrogen and oxygen atoms in total. The number of amides is 2. The molecule has 22 heavy (non-hydrogen) atoms. The van der Waals surface area contributed by atoms with E-state index in [0.29, 0.717) is 5.02 Å². The summed E-state index contributed by atoms with van der Waals surface area (Å²) < 4.78 is 0. The number of nitrogens with two attached hydrogens (primary N) is 2. The van der Waals surface area contributed by atoms with Crippen molar-refractivity contribution in [1.82, 2.24) is 4.90 Å². The van der Waals surface area contributed by atoms with E-state index in [2.05, 4.69) is 0 Å². The minimum atomic E-state index is -0.724. The summed E-state index contributed by atoms with van der Waals surface area (Å²) in [6.45, 7) is 5.58. The van der Waals surface area contributed by atoms with Crippen LogP contribution in [-0.2, 0) is 16.1 Å². The molecule has 0 bridgehead atoms. The van der Waals surface area contributed by atoms with Crippen LogP contribution in [0.15, 0.2) is 24.3 Å². The Morgan fingerprint density at radius 3 is 2.09 bits per heavy atom. The van der Waals surface area contributed by atoms with E-state index in [-0.39, 0.29) is 30.8 Å². The molecule has 1 aromatic carbocycles. The van der Waals surface area contributed by atoms with Gasteiger partial charge in [0.2, 0.25) is 11.8 Å². The summed E-state index contributed by atoms with van der Waals surface area (Å²) in [5.41, 5.74) is 12.1. The lowest BCUT2D eigenvalue weighted by molar-refractivity contribution is -0.141. The van der Waals surface area contributed by atoms with Crippen molar-refractivity contribution in [2.45, 2.75) is 39.4 Å². The summed E-state index contributed by atoms with van der Waals surface area (Å²) in [4.78, 5) is 25.3. The summed E-state index contributed by atoms with van der Waals surface area (Å²) in [7, 11) is 0. The van der Waals surface area contributed by atoms with Crippen LogP contribution in [0.4, 0.5) is 0 Å². The number of nitrogens with zero attached hydrogens (tertiary/aromatic N) is 1. The lowest BCUT2D eigenvalue weighted by atomic mass is 10.0. The third-order valence-corrected chi connectivity index (χ3v) is 3.68. The molecule has 0 heterocycles. The van der Waals surface area contributed by atoms with Gasteiger partial charge in [-0.15, -0.1) is 12.4 Å². The van der Waals surface area contributed by atoms with Gasteiger partial charge in [-0.1, -0.05) is 37.6 Å². The Labute approximate surface area is 142 Å². The monoisotopic (exact) mass is 347 g/mol. The van der Waals surface area contributed by atoms with Crippen molar-refractivity contribution in [2.75, 3.05) is 0 Å². The number of hydrogen-bond donors (Lipinski definition) is 2. The van der Waals surface area contributed by atoms with Crippen LogP contribution in [0.5, 0.6) is 0 Å². The zero-order chi connectivity index (χ0) is 16.2. The summed E-state index contributed by atoms with van der Waals surface area (Å²) in [6.07, 6.45) is 0. The molecular weight excluding hydrogens is 325 g/mol. The van der Waals surface area contributed by atoms with Crippen LogP contribution in [0.2, 0.25) is 5.02 Å². The highest BCUT2D eigenvalue weighted by Gasteiger charge is 2.29. The smallest absolute Gasteiger partial charge is 0.240 e. The molecule has 0 radical (unpaired) electrons. The molecule has 0 spiro atoms. The normalized spacial score (nSPS) is 13.2. The number of rotatable bonds is 6. The standard InChI is InChI=1S/C15H22ClN3O2.ClH/c1-9(2)13(17)15(21)19(10(3)14(18)20)8-11-4-6-12(16)7-5-11;/h4-7,9-10,13H,8,17H2,1-3H3,(H2,18,20);1H/t10?,13-;/m0./s1. The van der Waals surface area contributed by atoms with Crippen LogP contribution in [-0.4, -0.2) is 28.8 Å². The van der Waals surface area contributed by atoms with Gasteiger partial charge in [-0.3, -0.25) is 9.59 Å². The van der Waals surface area contributed by atoms with Gasteiger partial charge in [0.15, 0.2) is 0 Å². The number of carbonyl (C=O) groups excluding carboxylic acids is 2. The average Bonchev–Trinajstić information content (AvgIpc) is 2.44. The molecule has 1 unspecified atom stereocenters. The molecule has 0 fully saturated rings. The quantitative estimate of drug-likeness (QED) is 0.823. The summed E-state index contributed by atoms with van der Waals surface area (Å²) in [5, 5.41) is 0.610. The van der Waals surface area contributed by atoms with Crippen LogP contribution < -0.4 is 11.5 Å². The van der Waals surface area contributed by atoms with Crippen molar-refractivity contribution >= 4 is 35.8 Å². The predicted molar refractivity (Wildman–Crippen MR) is 90.7 cm³/mol. The largest absolute Gasteiger partial charge is 0.368 e. The first-order chi connectivity index (χ1) is 9.73. The van der Waals surface area contributed by atoms with Crippen molar-refractivity contribution in [1.29, 1.82) is 0 Å². The Kier molecular flexibility index (Phi) is 8.45. The lowest BCUT2D eigenvalue weighted by Crippen LogP contribution is -2.53. The van der Waals surface area contributed by atoms with Crippen LogP contribution >= 0.6 is 24.0 Å². The highest BCUT2D eigenvalue weighted by atomic mass is 35.5. The van der Waals surface area contributed by atoms with E-state index in [1.165, 1.54) is 4.90 Å². The maximum Gasteiger partial charge on any atom is 0.240 e. The summed E-state index contributed by atoms with van der Waals surface area (Å²) in [6, 6.07) is 5.68. The number of halogens is 2. The van der Waals surface area contributed by atoms with Gasteiger partial charge >= 0.3 is 0 Å². The zero-order valence-corrected chi connectivity index (χ0v) is 14.5. The number of primary amides is 1. The molecule has 0 aliphatic heterocycles. The molecule has 0 aliphatic carbocycles. The molecule has 0 aliphatic rings. The molecule has 2 amide bonds. The van der Waals surface area contributed by atoms with Gasteiger partial charge in [0, 0.05) is 11.6 Å². The van der Waals surface area contributed by atoms with Crippen molar-refractivity contribution in [3.8, 4) is 0 Å². The van der Waals surface area contributed by atoms with Gasteiger partial charge in [0.1, 0.15) is 6.04 Å². The molecule has 124 valence electrons. The molecule has 0 aromatic heterocycles. The number of benzene rings is 1. The third kappa shape index (κ3) is 5.48. The van der Waals surface area contributed by atoms with E-state index in [1.54, 1.807) is 31.2 Å². The fourth-order valence-corrected chi connectivity index (χ4v) is 1.95. The van der Waals surface area contributed by atoms with Crippen molar-refractivity contribution in [3.63, 3.8) is 0 Å². The molecule has 0 saturated carbocycles. The second kappa shape index (κ2) is 8.98. The fraction of sp³-hybridized carbons (Fsp3) is 0.467. The van der Waals surface area contributed by atoms with Gasteiger partial charge < -0.3 is 16.4 Å². The lowest BCUT2D eigenvalue weighted by Gasteiger charge is -2.31. The minimum Gasteiger partial charge on any atom is -0.368 e. The first-order valence-corrected chi connectivity index (χ1v) is 7.21. The first kappa shape index (κ1) is 20.7. The van der Waals surface area contributed by atoms with Gasteiger partial charge in [-0.05, 0) is 30.5 Å². The van der Waals surface area contributed by atoms with Crippen LogP contribution in [0.3, 0.4) is 0 Å². The van der Waals surface area contributed by atoms with Crippen LogP contribution in [0.25, 0.3) is 0 Å². The maximum atomic E-state index is 12.5.